The Hall–Kier alpha value is -1.57. The van der Waals surface area contributed by atoms with Gasteiger partial charge in [-0.2, -0.15) is 0 Å². The van der Waals surface area contributed by atoms with Crippen LogP contribution >= 0.6 is 43.5 Å². The van der Waals surface area contributed by atoms with E-state index in [1.165, 1.54) is 4.90 Å². The van der Waals surface area contributed by atoms with Crippen molar-refractivity contribution in [2.24, 2.45) is 0 Å². The number of amides is 2. The maximum Gasteiger partial charge on any atom is 0.261 e. The second-order valence-electron chi connectivity index (χ2n) is 7.01. The number of benzene rings is 2. The summed E-state index contributed by atoms with van der Waals surface area (Å²) in [6.07, 6.45) is 0.812. The van der Waals surface area contributed by atoms with E-state index >= 15 is 0 Å². The maximum absolute atomic E-state index is 13.0. The first kappa shape index (κ1) is 24.7. The first-order valence-corrected chi connectivity index (χ1v) is 11.6. The van der Waals surface area contributed by atoms with Crippen molar-refractivity contribution in [3.05, 3.63) is 62.0 Å². The van der Waals surface area contributed by atoms with Crippen LogP contribution in [0.2, 0.25) is 5.02 Å². The summed E-state index contributed by atoms with van der Waals surface area (Å²) in [5.74, 6) is 0.0297. The molecular formula is C22H25Br2ClN2O3. The largest absolute Gasteiger partial charge is 0.483 e. The fourth-order valence-electron chi connectivity index (χ4n) is 2.65. The van der Waals surface area contributed by atoms with Gasteiger partial charge in [-0.25, -0.2) is 0 Å². The fraction of sp³-hybridized carbons (Fsp3) is 0.364. The molecule has 2 aromatic rings. The number of carbonyl (C=O) groups is 2. The van der Waals surface area contributed by atoms with E-state index < -0.39 is 6.04 Å². The van der Waals surface area contributed by atoms with Gasteiger partial charge in [0, 0.05) is 22.1 Å². The molecule has 2 aromatic carbocycles. The monoisotopic (exact) mass is 558 g/mol. The van der Waals surface area contributed by atoms with Crippen molar-refractivity contribution in [3.63, 3.8) is 0 Å². The maximum atomic E-state index is 13.0. The van der Waals surface area contributed by atoms with Crippen molar-refractivity contribution in [1.29, 1.82) is 0 Å². The Bertz CT molecular complexity index is 877. The predicted molar refractivity (Wildman–Crippen MR) is 127 cm³/mol. The van der Waals surface area contributed by atoms with E-state index in [1.54, 1.807) is 25.1 Å². The zero-order valence-corrected chi connectivity index (χ0v) is 21.1. The lowest BCUT2D eigenvalue weighted by molar-refractivity contribution is -0.142. The molecule has 5 nitrogen and oxygen atoms in total. The van der Waals surface area contributed by atoms with Crippen molar-refractivity contribution in [3.8, 4) is 5.75 Å². The van der Waals surface area contributed by atoms with Crippen LogP contribution in [-0.2, 0) is 16.1 Å². The molecule has 2 rings (SSSR count). The van der Waals surface area contributed by atoms with Crippen molar-refractivity contribution in [2.75, 3.05) is 6.61 Å². The highest BCUT2D eigenvalue weighted by Crippen LogP contribution is 2.28. The van der Waals surface area contributed by atoms with Gasteiger partial charge in [0.15, 0.2) is 6.61 Å². The van der Waals surface area contributed by atoms with Crippen molar-refractivity contribution >= 4 is 55.3 Å². The van der Waals surface area contributed by atoms with Crippen LogP contribution in [0.3, 0.4) is 0 Å². The highest BCUT2D eigenvalue weighted by Gasteiger charge is 2.27. The molecule has 0 saturated heterocycles. The van der Waals surface area contributed by atoms with Crippen LogP contribution in [0.1, 0.15) is 32.8 Å². The molecule has 1 N–H and O–H groups in total. The third-order valence-corrected chi connectivity index (χ3v) is 6.06. The molecule has 0 bridgehead atoms. The van der Waals surface area contributed by atoms with Crippen LogP contribution in [-0.4, -0.2) is 35.4 Å². The lowest BCUT2D eigenvalue weighted by Gasteiger charge is -2.29. The van der Waals surface area contributed by atoms with Gasteiger partial charge in [0.25, 0.3) is 5.91 Å². The Kier molecular flexibility index (Phi) is 9.65. The molecule has 0 aliphatic carbocycles. The standard InChI is InChI=1S/C22H25Br2ClN2O3/c1-4-14(2)26-22(29)15(3)27(12-16-5-7-17(23)8-6-16)21(28)13-30-20-10-9-18(25)11-19(20)24/h5-11,14-15H,4,12-13H2,1-3H3,(H,26,29)/t14-,15+/m1/s1. The molecule has 0 heterocycles. The van der Waals surface area contributed by atoms with E-state index in [4.69, 9.17) is 16.3 Å². The minimum absolute atomic E-state index is 0.0332. The van der Waals surface area contributed by atoms with Crippen LogP contribution in [0.5, 0.6) is 5.75 Å². The van der Waals surface area contributed by atoms with Crippen LogP contribution in [0.15, 0.2) is 51.4 Å². The van der Waals surface area contributed by atoms with Crippen molar-refractivity contribution in [2.45, 2.75) is 45.8 Å². The summed E-state index contributed by atoms with van der Waals surface area (Å²) in [6, 6.07) is 12.1. The topological polar surface area (TPSA) is 58.6 Å². The highest BCUT2D eigenvalue weighted by molar-refractivity contribution is 9.10. The minimum Gasteiger partial charge on any atom is -0.483 e. The fourth-order valence-corrected chi connectivity index (χ4v) is 3.71. The van der Waals surface area contributed by atoms with Gasteiger partial charge in [0.2, 0.25) is 5.91 Å². The molecule has 162 valence electrons. The summed E-state index contributed by atoms with van der Waals surface area (Å²) in [7, 11) is 0. The van der Waals surface area contributed by atoms with E-state index in [0.717, 1.165) is 16.5 Å². The Labute approximate surface area is 199 Å². The van der Waals surface area contributed by atoms with Crippen molar-refractivity contribution in [1.82, 2.24) is 10.2 Å². The van der Waals surface area contributed by atoms with E-state index in [9.17, 15) is 9.59 Å². The van der Waals surface area contributed by atoms with E-state index in [1.807, 2.05) is 38.1 Å². The smallest absolute Gasteiger partial charge is 0.261 e. The zero-order chi connectivity index (χ0) is 22.3. The third kappa shape index (κ3) is 7.29. The summed E-state index contributed by atoms with van der Waals surface area (Å²) in [5, 5.41) is 3.51. The molecule has 0 aromatic heterocycles. The number of rotatable bonds is 9. The van der Waals surface area contributed by atoms with Gasteiger partial charge >= 0.3 is 0 Å². The van der Waals surface area contributed by atoms with E-state index in [-0.39, 0.29) is 24.5 Å². The van der Waals surface area contributed by atoms with E-state index in [2.05, 4.69) is 37.2 Å². The van der Waals surface area contributed by atoms with Gasteiger partial charge in [-0.1, -0.05) is 46.6 Å². The Balaban J connectivity index is 2.16. The lowest BCUT2D eigenvalue weighted by Crippen LogP contribution is -2.50. The quantitative estimate of drug-likeness (QED) is 0.436. The number of nitrogens with one attached hydrogen (secondary N) is 1. The zero-order valence-electron chi connectivity index (χ0n) is 17.1. The summed E-state index contributed by atoms with van der Waals surface area (Å²) in [6.45, 7) is 5.77. The van der Waals surface area contributed by atoms with Crippen LogP contribution in [0.25, 0.3) is 0 Å². The molecule has 30 heavy (non-hydrogen) atoms. The molecule has 8 heteroatoms. The number of hydrogen-bond donors (Lipinski definition) is 1. The van der Waals surface area contributed by atoms with Crippen LogP contribution < -0.4 is 10.1 Å². The third-order valence-electron chi connectivity index (χ3n) is 4.68. The summed E-state index contributed by atoms with van der Waals surface area (Å²) >= 11 is 12.7. The molecular weight excluding hydrogens is 536 g/mol. The Morgan fingerprint density at radius 2 is 1.80 bits per heavy atom. The van der Waals surface area contributed by atoms with Crippen LogP contribution in [0, 0.1) is 0 Å². The highest BCUT2D eigenvalue weighted by atomic mass is 79.9. The number of nitrogens with zero attached hydrogens (tertiary/aromatic N) is 1. The number of carbonyl (C=O) groups excluding carboxylic acids is 2. The predicted octanol–water partition coefficient (Wildman–Crippen LogP) is 5.58. The van der Waals surface area contributed by atoms with E-state index in [0.29, 0.717) is 21.8 Å². The number of ether oxygens (including phenoxy) is 1. The Morgan fingerprint density at radius 1 is 1.13 bits per heavy atom. The van der Waals surface area contributed by atoms with Crippen molar-refractivity contribution < 1.29 is 14.3 Å². The van der Waals surface area contributed by atoms with Crippen LogP contribution in [0.4, 0.5) is 0 Å². The molecule has 0 fully saturated rings. The van der Waals surface area contributed by atoms with Gasteiger partial charge in [-0.15, -0.1) is 0 Å². The first-order valence-electron chi connectivity index (χ1n) is 9.63. The Morgan fingerprint density at radius 3 is 2.40 bits per heavy atom. The SMILES string of the molecule is CC[C@@H](C)NC(=O)[C@H](C)N(Cc1ccc(Br)cc1)C(=O)COc1ccc(Cl)cc1Br. The average Bonchev–Trinajstić information content (AvgIpc) is 2.71. The summed E-state index contributed by atoms with van der Waals surface area (Å²) < 4.78 is 7.29. The average molecular weight is 561 g/mol. The molecule has 0 aliphatic rings. The summed E-state index contributed by atoms with van der Waals surface area (Å²) in [5.41, 5.74) is 0.919. The molecule has 2 atom stereocenters. The first-order chi connectivity index (χ1) is 14.2. The van der Waals surface area contributed by atoms with Gasteiger partial charge in [0.05, 0.1) is 4.47 Å². The molecule has 2 amide bonds. The second-order valence-corrected chi connectivity index (χ2v) is 9.21. The van der Waals surface area contributed by atoms with Gasteiger partial charge < -0.3 is 15.0 Å². The van der Waals surface area contributed by atoms with Gasteiger partial charge in [-0.3, -0.25) is 9.59 Å². The number of hydrogen-bond acceptors (Lipinski definition) is 3. The van der Waals surface area contributed by atoms with Gasteiger partial charge in [-0.05, 0) is 72.1 Å². The number of halogens is 3. The summed E-state index contributed by atoms with van der Waals surface area (Å²) in [4.78, 5) is 27.3. The molecule has 0 aliphatic heterocycles. The van der Waals surface area contributed by atoms with Gasteiger partial charge in [0.1, 0.15) is 11.8 Å². The molecule has 0 radical (unpaired) electrons. The second kappa shape index (κ2) is 11.7. The lowest BCUT2D eigenvalue weighted by atomic mass is 10.1. The minimum atomic E-state index is -0.646. The molecule has 0 spiro atoms. The molecule has 0 saturated carbocycles. The normalized spacial score (nSPS) is 12.7. The molecule has 0 unspecified atom stereocenters.